The third-order valence-corrected chi connectivity index (χ3v) is 5.23. The highest BCUT2D eigenvalue weighted by Gasteiger charge is 2.35. The molecular weight excluding hydrogens is 418 g/mol. The number of ether oxygens (including phenoxy) is 1. The number of rotatable bonds is 10. The Kier molecular flexibility index (Phi) is 10.9. The van der Waals surface area contributed by atoms with Crippen molar-refractivity contribution in [2.45, 2.75) is 92.3 Å². The van der Waals surface area contributed by atoms with E-state index in [4.69, 9.17) is 4.74 Å². The average Bonchev–Trinajstić information content (AvgIpc) is 2.66. The Labute approximate surface area is 199 Å². The number of benzene rings is 1. The van der Waals surface area contributed by atoms with Crippen LogP contribution in [0.4, 0.5) is 4.79 Å². The van der Waals surface area contributed by atoms with Gasteiger partial charge in [-0.3, -0.25) is 9.59 Å². The average molecular weight is 462 g/mol. The van der Waals surface area contributed by atoms with E-state index in [0.29, 0.717) is 6.54 Å². The van der Waals surface area contributed by atoms with E-state index in [1.165, 1.54) is 4.90 Å². The molecule has 0 saturated heterocycles. The largest absolute Gasteiger partial charge is 0.444 e. The lowest BCUT2D eigenvalue weighted by Crippen LogP contribution is -2.53. The molecule has 0 aliphatic heterocycles. The van der Waals surface area contributed by atoms with Crippen molar-refractivity contribution in [1.82, 2.24) is 15.5 Å². The van der Waals surface area contributed by atoms with Gasteiger partial charge in [0.25, 0.3) is 0 Å². The van der Waals surface area contributed by atoms with Crippen molar-refractivity contribution in [3.05, 3.63) is 34.9 Å². The summed E-state index contributed by atoms with van der Waals surface area (Å²) in [6.45, 7) is 15.6. The molecule has 2 unspecified atom stereocenters. The SMILES string of the molecule is CCCCCNC(=O)C(c1cc(C)cc(C)c1)N(C)C(=O)C(NC(=O)OC(C)(C)C)C(C)C. The van der Waals surface area contributed by atoms with Gasteiger partial charge in [-0.1, -0.05) is 62.9 Å². The lowest BCUT2D eigenvalue weighted by atomic mass is 9.97. The minimum Gasteiger partial charge on any atom is -0.444 e. The molecule has 186 valence electrons. The van der Waals surface area contributed by atoms with Gasteiger partial charge < -0.3 is 20.3 Å². The number of unbranched alkanes of at least 4 members (excludes halogenated alkanes) is 2. The maximum atomic E-state index is 13.5. The Morgan fingerprint density at radius 2 is 1.61 bits per heavy atom. The first-order valence-electron chi connectivity index (χ1n) is 11.9. The molecule has 7 heteroatoms. The predicted molar refractivity (Wildman–Crippen MR) is 132 cm³/mol. The summed E-state index contributed by atoms with van der Waals surface area (Å²) < 4.78 is 5.35. The second-order valence-electron chi connectivity index (χ2n) is 10.1. The van der Waals surface area contributed by atoms with Crippen LogP contribution in [-0.2, 0) is 14.3 Å². The molecular formula is C26H43N3O4. The third kappa shape index (κ3) is 9.44. The fourth-order valence-electron chi connectivity index (χ4n) is 3.70. The van der Waals surface area contributed by atoms with Crippen molar-refractivity contribution >= 4 is 17.9 Å². The maximum absolute atomic E-state index is 13.5. The minimum absolute atomic E-state index is 0.194. The lowest BCUT2D eigenvalue weighted by molar-refractivity contribution is -0.141. The second kappa shape index (κ2) is 12.6. The Morgan fingerprint density at radius 3 is 2.09 bits per heavy atom. The topological polar surface area (TPSA) is 87.7 Å². The van der Waals surface area contributed by atoms with Crippen LogP contribution in [0.3, 0.4) is 0 Å². The molecule has 3 amide bonds. The number of hydrogen-bond acceptors (Lipinski definition) is 4. The monoisotopic (exact) mass is 461 g/mol. The number of carbonyl (C=O) groups excluding carboxylic acids is 3. The van der Waals surface area contributed by atoms with Crippen molar-refractivity contribution in [3.8, 4) is 0 Å². The summed E-state index contributed by atoms with van der Waals surface area (Å²) in [5.41, 5.74) is 2.10. The number of carbonyl (C=O) groups is 3. The number of likely N-dealkylation sites (N-methyl/N-ethyl adjacent to an activating group) is 1. The molecule has 0 bridgehead atoms. The van der Waals surface area contributed by atoms with E-state index in [9.17, 15) is 14.4 Å². The molecule has 0 aliphatic rings. The molecule has 2 atom stereocenters. The number of amides is 3. The van der Waals surface area contributed by atoms with Gasteiger partial charge in [0.05, 0.1) is 0 Å². The molecule has 2 N–H and O–H groups in total. The van der Waals surface area contributed by atoms with Crippen LogP contribution in [0.15, 0.2) is 18.2 Å². The van der Waals surface area contributed by atoms with Crippen molar-refractivity contribution in [3.63, 3.8) is 0 Å². The number of hydrogen-bond donors (Lipinski definition) is 2. The Balaban J connectivity index is 3.21. The summed E-state index contributed by atoms with van der Waals surface area (Å²) in [6.07, 6.45) is 2.31. The predicted octanol–water partition coefficient (Wildman–Crippen LogP) is 4.66. The van der Waals surface area contributed by atoms with Gasteiger partial charge in [0.15, 0.2) is 0 Å². The molecule has 0 spiro atoms. The summed E-state index contributed by atoms with van der Waals surface area (Å²) in [6, 6.07) is 4.26. The molecule has 33 heavy (non-hydrogen) atoms. The van der Waals surface area contributed by atoms with Gasteiger partial charge in [0, 0.05) is 13.6 Å². The molecule has 1 aromatic rings. The van der Waals surface area contributed by atoms with Crippen LogP contribution in [-0.4, -0.2) is 48.0 Å². The van der Waals surface area contributed by atoms with Gasteiger partial charge in [0.1, 0.15) is 17.7 Å². The van der Waals surface area contributed by atoms with Gasteiger partial charge >= 0.3 is 6.09 Å². The zero-order valence-electron chi connectivity index (χ0n) is 21.9. The number of nitrogens with one attached hydrogen (secondary N) is 2. The third-order valence-electron chi connectivity index (χ3n) is 5.23. The van der Waals surface area contributed by atoms with Gasteiger partial charge in [-0.2, -0.15) is 0 Å². The number of nitrogens with zero attached hydrogens (tertiary/aromatic N) is 1. The standard InChI is InChI=1S/C26H43N3O4/c1-10-11-12-13-27-23(30)22(20-15-18(4)14-19(5)16-20)29(9)24(31)21(17(2)3)28-25(32)33-26(6,7)8/h14-17,21-22H,10-13H2,1-9H3,(H,27,30)(H,28,32). The fraction of sp³-hybridized carbons (Fsp3) is 0.654. The van der Waals surface area contributed by atoms with Crippen molar-refractivity contribution in [1.29, 1.82) is 0 Å². The van der Waals surface area contributed by atoms with E-state index in [-0.39, 0.29) is 17.7 Å². The Bertz CT molecular complexity index is 794. The zero-order valence-corrected chi connectivity index (χ0v) is 21.9. The van der Waals surface area contributed by atoms with Crippen molar-refractivity contribution < 1.29 is 19.1 Å². The highest BCUT2D eigenvalue weighted by atomic mass is 16.6. The molecule has 0 radical (unpaired) electrons. The summed E-state index contributed by atoms with van der Waals surface area (Å²) in [4.78, 5) is 40.6. The summed E-state index contributed by atoms with van der Waals surface area (Å²) in [7, 11) is 1.61. The summed E-state index contributed by atoms with van der Waals surface area (Å²) in [5.74, 6) is -0.768. The minimum atomic E-state index is -0.828. The van der Waals surface area contributed by atoms with Crippen LogP contribution in [0.5, 0.6) is 0 Å². The van der Waals surface area contributed by atoms with Crippen LogP contribution < -0.4 is 10.6 Å². The van der Waals surface area contributed by atoms with Crippen LogP contribution >= 0.6 is 0 Å². The van der Waals surface area contributed by atoms with Crippen LogP contribution in [0.1, 0.15) is 83.5 Å². The van der Waals surface area contributed by atoms with Gasteiger partial charge in [-0.25, -0.2) is 4.79 Å². The normalized spacial score (nSPS) is 13.3. The van der Waals surface area contributed by atoms with Gasteiger partial charge in [0.2, 0.25) is 11.8 Å². The number of aryl methyl sites for hydroxylation is 2. The van der Waals surface area contributed by atoms with Crippen molar-refractivity contribution in [2.75, 3.05) is 13.6 Å². The first-order chi connectivity index (χ1) is 15.3. The molecule has 0 fully saturated rings. The first-order valence-corrected chi connectivity index (χ1v) is 11.9. The van der Waals surface area contributed by atoms with E-state index < -0.39 is 23.8 Å². The molecule has 0 aromatic heterocycles. The van der Waals surface area contributed by atoms with E-state index in [2.05, 4.69) is 17.6 Å². The van der Waals surface area contributed by atoms with Crippen LogP contribution in [0.2, 0.25) is 0 Å². The molecule has 1 rings (SSSR count). The van der Waals surface area contributed by atoms with Gasteiger partial charge in [-0.15, -0.1) is 0 Å². The Morgan fingerprint density at radius 1 is 1.03 bits per heavy atom. The summed E-state index contributed by atoms with van der Waals surface area (Å²) in [5, 5.41) is 5.68. The summed E-state index contributed by atoms with van der Waals surface area (Å²) >= 11 is 0. The highest BCUT2D eigenvalue weighted by Crippen LogP contribution is 2.24. The van der Waals surface area contributed by atoms with E-state index >= 15 is 0 Å². The Hall–Kier alpha value is -2.57. The second-order valence-corrected chi connectivity index (χ2v) is 10.1. The lowest BCUT2D eigenvalue weighted by Gasteiger charge is -2.33. The van der Waals surface area contributed by atoms with E-state index in [0.717, 1.165) is 36.0 Å². The zero-order chi connectivity index (χ0) is 25.3. The quantitative estimate of drug-likeness (QED) is 0.496. The maximum Gasteiger partial charge on any atom is 0.408 e. The molecule has 0 aliphatic carbocycles. The van der Waals surface area contributed by atoms with E-state index in [1.54, 1.807) is 27.8 Å². The van der Waals surface area contributed by atoms with Crippen LogP contribution in [0, 0.1) is 19.8 Å². The van der Waals surface area contributed by atoms with Crippen molar-refractivity contribution in [2.24, 2.45) is 5.92 Å². The van der Waals surface area contributed by atoms with Gasteiger partial charge in [-0.05, 0) is 52.5 Å². The highest BCUT2D eigenvalue weighted by molar-refractivity contribution is 5.92. The van der Waals surface area contributed by atoms with Crippen LogP contribution in [0.25, 0.3) is 0 Å². The number of alkyl carbamates (subject to hydrolysis) is 1. The first kappa shape index (κ1) is 28.5. The molecule has 0 heterocycles. The molecule has 1 aromatic carbocycles. The molecule has 0 saturated carbocycles. The molecule has 7 nitrogen and oxygen atoms in total. The van der Waals surface area contributed by atoms with E-state index in [1.807, 2.05) is 45.9 Å². The smallest absolute Gasteiger partial charge is 0.408 e. The fourth-order valence-corrected chi connectivity index (χ4v) is 3.70.